The van der Waals surface area contributed by atoms with E-state index in [4.69, 9.17) is 0 Å². The highest BCUT2D eigenvalue weighted by Crippen LogP contribution is 2.19. The van der Waals surface area contributed by atoms with Crippen LogP contribution in [0.25, 0.3) is 0 Å². The van der Waals surface area contributed by atoms with Crippen LogP contribution in [-0.2, 0) is 0 Å². The molecule has 1 unspecified atom stereocenters. The smallest absolute Gasteiger partial charge is 0.321 e. The number of anilines is 1. The van der Waals surface area contributed by atoms with Crippen LogP contribution in [0.15, 0.2) is 54.6 Å². The molecule has 2 aromatic rings. The van der Waals surface area contributed by atoms with Gasteiger partial charge in [0.1, 0.15) is 0 Å². The molecule has 20 heavy (non-hydrogen) atoms. The summed E-state index contributed by atoms with van der Waals surface area (Å²) in [7, 11) is 1.81. The number of amides is 2. The van der Waals surface area contributed by atoms with Gasteiger partial charge in [0.25, 0.3) is 0 Å². The van der Waals surface area contributed by atoms with Gasteiger partial charge >= 0.3 is 6.03 Å². The molecule has 0 saturated heterocycles. The van der Waals surface area contributed by atoms with E-state index in [-0.39, 0.29) is 12.1 Å². The Balaban J connectivity index is 2.03. The van der Waals surface area contributed by atoms with Crippen LogP contribution in [0.1, 0.15) is 24.1 Å². The molecule has 0 heterocycles. The van der Waals surface area contributed by atoms with E-state index in [1.165, 1.54) is 5.56 Å². The van der Waals surface area contributed by atoms with E-state index in [0.717, 1.165) is 11.3 Å². The van der Waals surface area contributed by atoms with Crippen molar-refractivity contribution in [1.82, 2.24) is 4.90 Å². The highest BCUT2D eigenvalue weighted by Gasteiger charge is 2.16. The molecule has 0 fully saturated rings. The van der Waals surface area contributed by atoms with Gasteiger partial charge in [-0.1, -0.05) is 48.0 Å². The van der Waals surface area contributed by atoms with Gasteiger partial charge in [-0.15, -0.1) is 0 Å². The fourth-order valence-electron chi connectivity index (χ4n) is 1.98. The van der Waals surface area contributed by atoms with Gasteiger partial charge in [0, 0.05) is 12.7 Å². The molecule has 0 aromatic heterocycles. The summed E-state index contributed by atoms with van der Waals surface area (Å²) < 4.78 is 0. The van der Waals surface area contributed by atoms with Gasteiger partial charge in [-0.3, -0.25) is 0 Å². The highest BCUT2D eigenvalue weighted by molar-refractivity contribution is 5.89. The number of benzene rings is 2. The Morgan fingerprint density at radius 2 is 1.65 bits per heavy atom. The lowest BCUT2D eigenvalue weighted by molar-refractivity contribution is 0.208. The first kappa shape index (κ1) is 14.1. The molecule has 0 aliphatic carbocycles. The quantitative estimate of drug-likeness (QED) is 0.888. The number of carbonyl (C=O) groups excluding carboxylic acids is 1. The monoisotopic (exact) mass is 268 g/mol. The molecule has 2 aromatic carbocycles. The molecule has 0 aliphatic heterocycles. The molecule has 0 aliphatic rings. The van der Waals surface area contributed by atoms with Crippen LogP contribution >= 0.6 is 0 Å². The molecule has 0 saturated carbocycles. The third-order valence-electron chi connectivity index (χ3n) is 3.49. The van der Waals surface area contributed by atoms with E-state index < -0.39 is 0 Å². The fraction of sp³-hybridized carbons (Fsp3) is 0.235. The molecule has 3 nitrogen and oxygen atoms in total. The second-order valence-electron chi connectivity index (χ2n) is 4.99. The molecule has 2 amide bonds. The van der Waals surface area contributed by atoms with Gasteiger partial charge in [0.2, 0.25) is 0 Å². The first-order valence-corrected chi connectivity index (χ1v) is 6.73. The minimum Gasteiger partial charge on any atom is -0.321 e. The zero-order chi connectivity index (χ0) is 14.5. The maximum absolute atomic E-state index is 12.2. The maximum Gasteiger partial charge on any atom is 0.322 e. The fourth-order valence-corrected chi connectivity index (χ4v) is 1.98. The molecule has 3 heteroatoms. The summed E-state index contributed by atoms with van der Waals surface area (Å²) in [6.45, 7) is 4.04. The lowest BCUT2D eigenvalue weighted by Crippen LogP contribution is -2.33. The number of nitrogens with zero attached hydrogens (tertiary/aromatic N) is 1. The van der Waals surface area contributed by atoms with Crippen LogP contribution in [-0.4, -0.2) is 18.0 Å². The summed E-state index contributed by atoms with van der Waals surface area (Å²) >= 11 is 0. The van der Waals surface area contributed by atoms with E-state index in [9.17, 15) is 4.79 Å². The first-order chi connectivity index (χ1) is 9.58. The summed E-state index contributed by atoms with van der Waals surface area (Å²) in [5, 5.41) is 2.91. The standard InChI is InChI=1S/C17H20N2O/c1-13-9-11-16(12-10-13)18-17(20)19(3)14(2)15-7-5-4-6-8-15/h4-12,14H,1-3H3,(H,18,20). The van der Waals surface area contributed by atoms with E-state index >= 15 is 0 Å². The SMILES string of the molecule is Cc1ccc(NC(=O)N(C)C(C)c2ccccc2)cc1. The molecule has 104 valence electrons. The van der Waals surface area contributed by atoms with Crippen molar-refractivity contribution in [3.8, 4) is 0 Å². The van der Waals surface area contributed by atoms with Crippen LogP contribution in [0.5, 0.6) is 0 Å². The number of rotatable bonds is 3. The van der Waals surface area contributed by atoms with Gasteiger partial charge in [0.05, 0.1) is 6.04 Å². The second-order valence-corrected chi connectivity index (χ2v) is 4.99. The lowest BCUT2D eigenvalue weighted by atomic mass is 10.1. The number of aryl methyl sites for hydroxylation is 1. The van der Waals surface area contributed by atoms with Crippen molar-refractivity contribution < 1.29 is 4.79 Å². The minimum atomic E-state index is -0.106. The van der Waals surface area contributed by atoms with E-state index in [2.05, 4.69) is 5.32 Å². The summed E-state index contributed by atoms with van der Waals surface area (Å²) in [4.78, 5) is 13.9. The molecule has 0 bridgehead atoms. The third-order valence-corrected chi connectivity index (χ3v) is 3.49. The van der Waals surface area contributed by atoms with Gasteiger partial charge < -0.3 is 10.2 Å². The first-order valence-electron chi connectivity index (χ1n) is 6.73. The van der Waals surface area contributed by atoms with Crippen molar-refractivity contribution in [3.05, 3.63) is 65.7 Å². The topological polar surface area (TPSA) is 32.3 Å². The average Bonchev–Trinajstić information content (AvgIpc) is 2.49. The molecule has 0 spiro atoms. The lowest BCUT2D eigenvalue weighted by Gasteiger charge is -2.25. The van der Waals surface area contributed by atoms with Crippen LogP contribution in [0, 0.1) is 6.92 Å². The van der Waals surface area contributed by atoms with Crippen LogP contribution in [0.3, 0.4) is 0 Å². The Morgan fingerprint density at radius 1 is 1.05 bits per heavy atom. The number of nitrogens with one attached hydrogen (secondary N) is 1. The van der Waals surface area contributed by atoms with Crippen LogP contribution in [0.2, 0.25) is 0 Å². The van der Waals surface area contributed by atoms with E-state index in [0.29, 0.717) is 0 Å². The predicted octanol–water partition coefficient (Wildman–Crippen LogP) is 4.22. The van der Waals surface area contributed by atoms with Gasteiger partial charge in [-0.2, -0.15) is 0 Å². The minimum absolute atomic E-state index is 0.0293. The van der Waals surface area contributed by atoms with Crippen LogP contribution in [0.4, 0.5) is 10.5 Å². The highest BCUT2D eigenvalue weighted by atomic mass is 16.2. The number of carbonyl (C=O) groups is 1. The largest absolute Gasteiger partial charge is 0.322 e. The van der Waals surface area contributed by atoms with Crippen LogP contribution < -0.4 is 5.32 Å². The molecule has 1 N–H and O–H groups in total. The zero-order valence-electron chi connectivity index (χ0n) is 12.1. The zero-order valence-corrected chi connectivity index (χ0v) is 12.1. The van der Waals surface area contributed by atoms with Crippen molar-refractivity contribution in [2.75, 3.05) is 12.4 Å². The van der Waals surface area contributed by atoms with Crippen molar-refractivity contribution >= 4 is 11.7 Å². The molecule has 0 radical (unpaired) electrons. The summed E-state index contributed by atoms with van der Waals surface area (Å²) in [6, 6.07) is 17.7. The van der Waals surface area contributed by atoms with Crippen molar-refractivity contribution in [2.45, 2.75) is 19.9 Å². The van der Waals surface area contributed by atoms with Crippen molar-refractivity contribution in [1.29, 1.82) is 0 Å². The number of urea groups is 1. The Kier molecular flexibility index (Phi) is 4.41. The van der Waals surface area contributed by atoms with Crippen molar-refractivity contribution in [3.63, 3.8) is 0 Å². The average molecular weight is 268 g/mol. The van der Waals surface area contributed by atoms with E-state index in [1.807, 2.05) is 68.4 Å². The summed E-state index contributed by atoms with van der Waals surface area (Å²) in [6.07, 6.45) is 0. The maximum atomic E-state index is 12.2. The Bertz CT molecular complexity index is 563. The Labute approximate surface area is 120 Å². The molecular formula is C17H20N2O. The normalized spacial score (nSPS) is 11.8. The van der Waals surface area contributed by atoms with Gasteiger partial charge in [0.15, 0.2) is 0 Å². The molecule has 1 atom stereocenters. The summed E-state index contributed by atoms with van der Waals surface area (Å²) in [5.41, 5.74) is 3.11. The predicted molar refractivity (Wildman–Crippen MR) is 82.8 cm³/mol. The second kappa shape index (κ2) is 6.24. The van der Waals surface area contributed by atoms with E-state index in [1.54, 1.807) is 11.9 Å². The Hall–Kier alpha value is -2.29. The third kappa shape index (κ3) is 3.38. The van der Waals surface area contributed by atoms with Crippen molar-refractivity contribution in [2.24, 2.45) is 0 Å². The molecular weight excluding hydrogens is 248 g/mol. The Morgan fingerprint density at radius 3 is 2.25 bits per heavy atom. The van der Waals surface area contributed by atoms with Gasteiger partial charge in [-0.25, -0.2) is 4.79 Å². The molecule has 2 rings (SSSR count). The summed E-state index contributed by atoms with van der Waals surface area (Å²) in [5.74, 6) is 0. The van der Waals surface area contributed by atoms with Gasteiger partial charge in [-0.05, 0) is 31.5 Å². The number of hydrogen-bond acceptors (Lipinski definition) is 1. The number of hydrogen-bond donors (Lipinski definition) is 1.